The molecular formula is C15H27N3O. The van der Waals surface area contributed by atoms with Crippen LogP contribution in [0.4, 0.5) is 0 Å². The van der Waals surface area contributed by atoms with Crippen molar-refractivity contribution in [2.75, 3.05) is 0 Å². The average Bonchev–Trinajstić information content (AvgIpc) is 2.79. The molecule has 1 fully saturated rings. The fourth-order valence-corrected chi connectivity index (χ4v) is 3.06. The molecule has 19 heavy (non-hydrogen) atoms. The van der Waals surface area contributed by atoms with Crippen molar-refractivity contribution in [1.29, 1.82) is 0 Å². The Balaban J connectivity index is 1.96. The van der Waals surface area contributed by atoms with Gasteiger partial charge in [-0.1, -0.05) is 46.0 Å². The highest BCUT2D eigenvalue weighted by atomic mass is 16.3. The van der Waals surface area contributed by atoms with Gasteiger partial charge in [-0.25, -0.2) is 0 Å². The van der Waals surface area contributed by atoms with Crippen LogP contribution in [0, 0.1) is 11.8 Å². The number of hydrogen-bond acceptors (Lipinski definition) is 3. The van der Waals surface area contributed by atoms with Crippen LogP contribution in [0.3, 0.4) is 0 Å². The van der Waals surface area contributed by atoms with E-state index >= 15 is 0 Å². The molecule has 4 nitrogen and oxygen atoms in total. The van der Waals surface area contributed by atoms with E-state index in [1.165, 1.54) is 38.5 Å². The Bertz CT molecular complexity index is 381. The van der Waals surface area contributed by atoms with Gasteiger partial charge in [0.2, 0.25) is 0 Å². The van der Waals surface area contributed by atoms with Crippen molar-refractivity contribution >= 4 is 0 Å². The van der Waals surface area contributed by atoms with E-state index in [1.54, 1.807) is 0 Å². The molecule has 1 saturated carbocycles. The predicted octanol–water partition coefficient (Wildman–Crippen LogP) is 2.94. The first kappa shape index (κ1) is 14.5. The maximum absolute atomic E-state index is 9.34. The molecule has 0 aromatic carbocycles. The number of aliphatic hydroxyl groups is 1. The summed E-state index contributed by atoms with van der Waals surface area (Å²) in [7, 11) is 0. The number of aromatic nitrogens is 3. The Morgan fingerprint density at radius 1 is 1.16 bits per heavy atom. The zero-order valence-corrected chi connectivity index (χ0v) is 12.3. The van der Waals surface area contributed by atoms with Crippen molar-refractivity contribution in [2.24, 2.45) is 11.8 Å². The van der Waals surface area contributed by atoms with Crippen LogP contribution in [0.15, 0.2) is 0 Å². The molecule has 0 spiro atoms. The minimum Gasteiger partial charge on any atom is -0.388 e. The first-order chi connectivity index (χ1) is 9.20. The zero-order chi connectivity index (χ0) is 13.7. The summed E-state index contributed by atoms with van der Waals surface area (Å²) < 4.78 is 2.12. The van der Waals surface area contributed by atoms with E-state index in [0.29, 0.717) is 11.7 Å². The molecule has 2 rings (SSSR count). The lowest BCUT2D eigenvalue weighted by Gasteiger charge is -2.21. The van der Waals surface area contributed by atoms with Crippen LogP contribution in [-0.2, 0) is 19.6 Å². The molecule has 0 atom stereocenters. The molecule has 0 unspecified atom stereocenters. The first-order valence-corrected chi connectivity index (χ1v) is 7.72. The lowest BCUT2D eigenvalue weighted by molar-refractivity contribution is 0.261. The van der Waals surface area contributed by atoms with Gasteiger partial charge in [0.25, 0.3) is 0 Å². The standard InChI is InChI=1S/C15H27N3O/c1-12(2)10-18-14(16-17-15(18)11-19)9-8-13-6-4-3-5-7-13/h12-13,19H,3-11H2,1-2H3. The fourth-order valence-electron chi connectivity index (χ4n) is 3.06. The molecular weight excluding hydrogens is 238 g/mol. The van der Waals surface area contributed by atoms with E-state index in [9.17, 15) is 5.11 Å². The summed E-state index contributed by atoms with van der Waals surface area (Å²) in [4.78, 5) is 0. The number of hydrogen-bond donors (Lipinski definition) is 1. The molecule has 0 saturated heterocycles. The number of nitrogens with zero attached hydrogens (tertiary/aromatic N) is 3. The molecule has 108 valence electrons. The normalized spacial score (nSPS) is 17.3. The molecule has 1 aliphatic carbocycles. The van der Waals surface area contributed by atoms with Gasteiger partial charge in [-0.3, -0.25) is 0 Å². The summed E-state index contributed by atoms with van der Waals surface area (Å²) in [5, 5.41) is 17.7. The van der Waals surface area contributed by atoms with Gasteiger partial charge >= 0.3 is 0 Å². The molecule has 0 aliphatic heterocycles. The Labute approximate surface area is 116 Å². The summed E-state index contributed by atoms with van der Waals surface area (Å²) in [6.45, 7) is 5.27. The average molecular weight is 265 g/mol. The Kier molecular flexibility index (Phi) is 5.37. The van der Waals surface area contributed by atoms with Crippen LogP contribution in [0.1, 0.15) is 64.0 Å². The van der Waals surface area contributed by atoms with E-state index < -0.39 is 0 Å². The predicted molar refractivity (Wildman–Crippen MR) is 75.7 cm³/mol. The highest BCUT2D eigenvalue weighted by Gasteiger charge is 2.17. The van der Waals surface area contributed by atoms with Crippen molar-refractivity contribution < 1.29 is 5.11 Å². The Morgan fingerprint density at radius 2 is 1.84 bits per heavy atom. The second kappa shape index (κ2) is 7.04. The summed E-state index contributed by atoms with van der Waals surface area (Å²) in [5.41, 5.74) is 0. The van der Waals surface area contributed by atoms with Gasteiger partial charge in [0.1, 0.15) is 12.4 Å². The van der Waals surface area contributed by atoms with Gasteiger partial charge in [-0.15, -0.1) is 10.2 Å². The molecule has 0 radical (unpaired) electrons. The third-order valence-electron chi connectivity index (χ3n) is 4.09. The highest BCUT2D eigenvalue weighted by molar-refractivity contribution is 4.96. The van der Waals surface area contributed by atoms with Crippen LogP contribution in [-0.4, -0.2) is 19.9 Å². The third-order valence-corrected chi connectivity index (χ3v) is 4.09. The Hall–Kier alpha value is -0.900. The first-order valence-electron chi connectivity index (χ1n) is 7.72. The van der Waals surface area contributed by atoms with Crippen molar-refractivity contribution in [3.63, 3.8) is 0 Å². The smallest absolute Gasteiger partial charge is 0.158 e. The van der Waals surface area contributed by atoms with Crippen molar-refractivity contribution in [1.82, 2.24) is 14.8 Å². The van der Waals surface area contributed by atoms with E-state index in [4.69, 9.17) is 0 Å². The largest absolute Gasteiger partial charge is 0.388 e. The molecule has 0 amide bonds. The number of aryl methyl sites for hydroxylation is 1. The highest BCUT2D eigenvalue weighted by Crippen LogP contribution is 2.27. The Morgan fingerprint density at radius 3 is 2.47 bits per heavy atom. The van der Waals surface area contributed by atoms with Gasteiger partial charge in [-0.2, -0.15) is 0 Å². The lowest BCUT2D eigenvalue weighted by Crippen LogP contribution is -2.14. The van der Waals surface area contributed by atoms with Crippen LogP contribution in [0.2, 0.25) is 0 Å². The molecule has 1 aromatic heterocycles. The fraction of sp³-hybridized carbons (Fsp3) is 0.867. The molecule has 1 aromatic rings. The number of aliphatic hydroxyl groups excluding tert-OH is 1. The minimum atomic E-state index is -0.0108. The molecule has 1 heterocycles. The van der Waals surface area contributed by atoms with Gasteiger partial charge in [0.15, 0.2) is 5.82 Å². The van der Waals surface area contributed by atoms with E-state index in [0.717, 1.165) is 24.7 Å². The van der Waals surface area contributed by atoms with Crippen LogP contribution in [0.25, 0.3) is 0 Å². The minimum absolute atomic E-state index is 0.0108. The summed E-state index contributed by atoms with van der Waals surface area (Å²) in [6.07, 6.45) is 9.19. The molecule has 0 bridgehead atoms. The summed E-state index contributed by atoms with van der Waals surface area (Å²) >= 11 is 0. The van der Waals surface area contributed by atoms with E-state index in [-0.39, 0.29) is 6.61 Å². The second-order valence-electron chi connectivity index (χ2n) is 6.24. The zero-order valence-electron chi connectivity index (χ0n) is 12.3. The maximum Gasteiger partial charge on any atom is 0.158 e. The quantitative estimate of drug-likeness (QED) is 0.860. The van der Waals surface area contributed by atoms with Crippen molar-refractivity contribution in [2.45, 2.75) is 71.9 Å². The van der Waals surface area contributed by atoms with Gasteiger partial charge in [0, 0.05) is 13.0 Å². The van der Waals surface area contributed by atoms with Gasteiger partial charge < -0.3 is 9.67 Å². The van der Waals surface area contributed by atoms with Crippen LogP contribution < -0.4 is 0 Å². The van der Waals surface area contributed by atoms with Crippen molar-refractivity contribution in [3.05, 3.63) is 11.6 Å². The molecule has 1 aliphatic rings. The van der Waals surface area contributed by atoms with Crippen molar-refractivity contribution in [3.8, 4) is 0 Å². The summed E-state index contributed by atoms with van der Waals surface area (Å²) in [5.74, 6) is 3.20. The van der Waals surface area contributed by atoms with E-state index in [2.05, 4.69) is 28.6 Å². The maximum atomic E-state index is 9.34. The second-order valence-corrected chi connectivity index (χ2v) is 6.24. The third kappa shape index (κ3) is 4.03. The van der Waals surface area contributed by atoms with E-state index in [1.807, 2.05) is 0 Å². The van der Waals surface area contributed by atoms with Gasteiger partial charge in [-0.05, 0) is 18.3 Å². The topological polar surface area (TPSA) is 50.9 Å². The molecule has 4 heteroatoms. The lowest BCUT2D eigenvalue weighted by atomic mass is 9.86. The SMILES string of the molecule is CC(C)Cn1c(CO)nnc1CCC1CCCCC1. The summed E-state index contributed by atoms with van der Waals surface area (Å²) in [6, 6.07) is 0. The number of rotatable bonds is 6. The monoisotopic (exact) mass is 265 g/mol. The van der Waals surface area contributed by atoms with Gasteiger partial charge in [0.05, 0.1) is 0 Å². The molecule has 1 N–H and O–H groups in total. The van der Waals surface area contributed by atoms with Crippen LogP contribution in [0.5, 0.6) is 0 Å². The van der Waals surface area contributed by atoms with Crippen LogP contribution >= 0.6 is 0 Å².